The number of thiophene rings is 1. The summed E-state index contributed by atoms with van der Waals surface area (Å²) < 4.78 is 12.7. The van der Waals surface area contributed by atoms with Crippen LogP contribution in [0.2, 0.25) is 0 Å². The molecule has 0 bridgehead atoms. The quantitative estimate of drug-likeness (QED) is 0.698. The molecule has 1 aliphatic rings. The van der Waals surface area contributed by atoms with Gasteiger partial charge >= 0.3 is 0 Å². The van der Waals surface area contributed by atoms with Crippen molar-refractivity contribution in [2.45, 2.75) is 10.6 Å². The second kappa shape index (κ2) is 2.64. The van der Waals surface area contributed by atoms with Gasteiger partial charge in [0.1, 0.15) is 0 Å². The molecule has 0 N–H and O–H groups in total. The van der Waals surface area contributed by atoms with Crippen molar-refractivity contribution < 1.29 is 9.00 Å². The number of carbonyl (C=O) groups is 1. The molecule has 0 spiro atoms. The molecule has 0 radical (unpaired) electrons. The largest absolute Gasteiger partial charge is 0.286 e. The normalized spacial score (nSPS) is 22.8. The minimum atomic E-state index is -2.77. The fourth-order valence-electron chi connectivity index (χ4n) is 1.18. The number of hydrogen-bond donors (Lipinski definition) is 1. The summed E-state index contributed by atoms with van der Waals surface area (Å²) in [6.07, 6.45) is 2.03. The van der Waals surface area contributed by atoms with Gasteiger partial charge in [0.2, 0.25) is 5.12 Å². The third-order valence-electron chi connectivity index (χ3n) is 1.81. The summed E-state index contributed by atoms with van der Waals surface area (Å²) in [5, 5.41) is 3.28. The van der Waals surface area contributed by atoms with E-state index in [1.807, 2.05) is 11.4 Å². The van der Waals surface area contributed by atoms with Crippen LogP contribution in [0, 0.1) is 0 Å². The van der Waals surface area contributed by atoms with E-state index < -0.39 is 9.93 Å². The standard InChI is InChI=1S/C8H8O2S2/c9-7-3-2-6-12(7,10)8-4-1-5-11-8/h1-2,4-6,12H,3H2. The fourth-order valence-corrected chi connectivity index (χ4v) is 4.57. The molecule has 2 nitrogen and oxygen atoms in total. The van der Waals surface area contributed by atoms with Crippen LogP contribution >= 0.6 is 11.3 Å². The van der Waals surface area contributed by atoms with E-state index in [2.05, 4.69) is 0 Å². The Labute approximate surface area is 75.3 Å². The van der Waals surface area contributed by atoms with Crippen molar-refractivity contribution in [1.82, 2.24) is 0 Å². The summed E-state index contributed by atoms with van der Waals surface area (Å²) in [6, 6.07) is 3.58. The van der Waals surface area contributed by atoms with Crippen LogP contribution in [0.15, 0.2) is 33.2 Å². The molecule has 4 heteroatoms. The van der Waals surface area contributed by atoms with Crippen LogP contribution in [0.25, 0.3) is 0 Å². The van der Waals surface area contributed by atoms with Gasteiger partial charge in [-0.05, 0) is 16.9 Å². The van der Waals surface area contributed by atoms with Gasteiger partial charge in [-0.3, -0.25) is 9.00 Å². The molecule has 2 rings (SSSR count). The van der Waals surface area contributed by atoms with Crippen LogP contribution in [-0.2, 0) is 14.7 Å². The molecule has 2 heterocycles. The van der Waals surface area contributed by atoms with Crippen LogP contribution in [-0.4, -0.2) is 9.32 Å². The summed E-state index contributed by atoms with van der Waals surface area (Å²) >= 11 is 1.39. The molecule has 0 saturated carbocycles. The van der Waals surface area contributed by atoms with Crippen molar-refractivity contribution in [3.8, 4) is 0 Å². The summed E-state index contributed by atoms with van der Waals surface area (Å²) in [6.45, 7) is 0. The van der Waals surface area contributed by atoms with Crippen molar-refractivity contribution in [1.29, 1.82) is 0 Å². The first-order chi connectivity index (χ1) is 5.73. The zero-order valence-corrected chi connectivity index (χ0v) is 7.98. The number of thiol groups is 1. The second-order valence-electron chi connectivity index (χ2n) is 2.59. The lowest BCUT2D eigenvalue weighted by molar-refractivity contribution is -0.110. The summed E-state index contributed by atoms with van der Waals surface area (Å²) in [5.41, 5.74) is 0. The van der Waals surface area contributed by atoms with E-state index >= 15 is 0 Å². The van der Waals surface area contributed by atoms with E-state index in [9.17, 15) is 9.00 Å². The number of allylic oxidation sites excluding steroid dienone is 1. The molecule has 1 aliphatic heterocycles. The molecule has 0 aliphatic carbocycles. The highest BCUT2D eigenvalue weighted by molar-refractivity contribution is 8.20. The molecule has 0 atom stereocenters. The number of rotatable bonds is 1. The second-order valence-corrected chi connectivity index (χ2v) is 6.44. The first kappa shape index (κ1) is 7.89. The van der Waals surface area contributed by atoms with Gasteiger partial charge in [0.25, 0.3) is 0 Å². The van der Waals surface area contributed by atoms with Gasteiger partial charge in [-0.15, -0.1) is 11.3 Å². The Kier molecular flexibility index (Phi) is 1.73. The van der Waals surface area contributed by atoms with E-state index in [4.69, 9.17) is 0 Å². The van der Waals surface area contributed by atoms with E-state index in [0.717, 1.165) is 0 Å². The maximum Gasteiger partial charge on any atom is 0.207 e. The highest BCUT2D eigenvalue weighted by Gasteiger charge is 2.27. The third kappa shape index (κ3) is 0.990. The predicted octanol–water partition coefficient (Wildman–Crippen LogP) is 1.57. The molecule has 0 aromatic carbocycles. The Morgan fingerprint density at radius 1 is 1.50 bits per heavy atom. The maximum atomic E-state index is 12.0. The molecular formula is C8H8O2S2. The lowest BCUT2D eigenvalue weighted by Crippen LogP contribution is -2.14. The molecule has 0 amide bonds. The molecule has 1 aromatic rings. The van der Waals surface area contributed by atoms with Crippen LogP contribution in [0.3, 0.4) is 0 Å². The van der Waals surface area contributed by atoms with Crippen molar-refractivity contribution in [3.63, 3.8) is 0 Å². The zero-order valence-electron chi connectivity index (χ0n) is 6.27. The Morgan fingerprint density at radius 2 is 2.33 bits per heavy atom. The van der Waals surface area contributed by atoms with Crippen molar-refractivity contribution in [2.75, 3.05) is 0 Å². The SMILES string of the molecule is O=C1CC=C[SH]1(=O)c1cccs1. The van der Waals surface area contributed by atoms with Crippen molar-refractivity contribution in [3.05, 3.63) is 29.0 Å². The average molecular weight is 200 g/mol. The molecule has 12 heavy (non-hydrogen) atoms. The van der Waals surface area contributed by atoms with E-state index in [1.165, 1.54) is 11.3 Å². The van der Waals surface area contributed by atoms with Crippen LogP contribution in [0.5, 0.6) is 0 Å². The summed E-state index contributed by atoms with van der Waals surface area (Å²) in [5.74, 6) is 0. The smallest absolute Gasteiger partial charge is 0.207 e. The lowest BCUT2D eigenvalue weighted by atomic mass is 10.5. The predicted molar refractivity (Wildman–Crippen MR) is 50.9 cm³/mol. The lowest BCUT2D eigenvalue weighted by Gasteiger charge is -2.10. The monoisotopic (exact) mass is 200 g/mol. The van der Waals surface area contributed by atoms with Gasteiger partial charge in [0.15, 0.2) is 0 Å². The highest BCUT2D eigenvalue weighted by Crippen LogP contribution is 2.31. The Hall–Kier alpha value is -0.740. The van der Waals surface area contributed by atoms with Gasteiger partial charge < -0.3 is 0 Å². The van der Waals surface area contributed by atoms with Gasteiger partial charge in [0.05, 0.1) is 4.21 Å². The fraction of sp³-hybridized carbons (Fsp3) is 0.125. The highest BCUT2D eigenvalue weighted by atomic mass is 32.3. The van der Waals surface area contributed by atoms with Crippen molar-refractivity contribution in [2.24, 2.45) is 0 Å². The summed E-state index contributed by atoms with van der Waals surface area (Å²) in [4.78, 5) is 11.3. The first-order valence-corrected chi connectivity index (χ1v) is 6.24. The average Bonchev–Trinajstić information content (AvgIpc) is 2.62. The van der Waals surface area contributed by atoms with E-state index in [-0.39, 0.29) is 5.12 Å². The molecule has 1 aromatic heterocycles. The summed E-state index contributed by atoms with van der Waals surface area (Å²) in [7, 11) is -2.77. The Bertz CT molecular complexity index is 376. The number of hydrogen-bond acceptors (Lipinski definition) is 3. The molecule has 0 fully saturated rings. The maximum absolute atomic E-state index is 12.0. The van der Waals surface area contributed by atoms with Crippen LogP contribution in [0.1, 0.15) is 6.42 Å². The van der Waals surface area contributed by atoms with Crippen LogP contribution in [0.4, 0.5) is 0 Å². The first-order valence-electron chi connectivity index (χ1n) is 3.58. The molecule has 64 valence electrons. The van der Waals surface area contributed by atoms with Gasteiger partial charge in [-0.1, -0.05) is 12.1 Å². The van der Waals surface area contributed by atoms with E-state index in [0.29, 0.717) is 10.6 Å². The topological polar surface area (TPSA) is 34.1 Å². The minimum absolute atomic E-state index is 0.134. The van der Waals surface area contributed by atoms with Gasteiger partial charge in [-0.25, -0.2) is 0 Å². The minimum Gasteiger partial charge on any atom is -0.286 e. The van der Waals surface area contributed by atoms with Crippen molar-refractivity contribution >= 4 is 26.4 Å². The third-order valence-corrected chi connectivity index (χ3v) is 5.97. The molecular weight excluding hydrogens is 192 g/mol. The number of carbonyl (C=O) groups excluding carboxylic acids is 1. The Morgan fingerprint density at radius 3 is 2.83 bits per heavy atom. The van der Waals surface area contributed by atoms with E-state index in [1.54, 1.807) is 17.6 Å². The van der Waals surface area contributed by atoms with Gasteiger partial charge in [0, 0.05) is 16.4 Å². The molecule has 0 saturated heterocycles. The molecule has 0 unspecified atom stereocenters. The Balaban J connectivity index is 2.53. The van der Waals surface area contributed by atoms with Gasteiger partial charge in [-0.2, -0.15) is 0 Å². The zero-order chi connectivity index (χ0) is 8.60. The van der Waals surface area contributed by atoms with Crippen LogP contribution < -0.4 is 0 Å².